The Kier molecular flexibility index (Phi) is 6.71. The van der Waals surface area contributed by atoms with E-state index < -0.39 is 14.9 Å². The summed E-state index contributed by atoms with van der Waals surface area (Å²) in [6, 6.07) is 6.18. The molecular weight excluding hydrogens is 430 g/mol. The minimum absolute atomic E-state index is 0.0849. The van der Waals surface area contributed by atoms with Crippen molar-refractivity contribution in [1.82, 2.24) is 9.21 Å². The van der Waals surface area contributed by atoms with E-state index in [9.17, 15) is 23.3 Å². The van der Waals surface area contributed by atoms with E-state index in [1.165, 1.54) is 10.4 Å². The Hall–Kier alpha value is -2.78. The van der Waals surface area contributed by atoms with Crippen molar-refractivity contribution in [3.05, 3.63) is 67.8 Å². The van der Waals surface area contributed by atoms with Gasteiger partial charge >= 0.3 is 0 Å². The molecule has 2 aromatic rings. The lowest BCUT2D eigenvalue weighted by molar-refractivity contribution is -0.385. The predicted molar refractivity (Wildman–Crippen MR) is 122 cm³/mol. The number of sulfonamides is 1. The highest BCUT2D eigenvalue weighted by Gasteiger charge is 2.33. The second kappa shape index (κ2) is 8.99. The lowest BCUT2D eigenvalue weighted by Gasteiger charge is -2.35. The van der Waals surface area contributed by atoms with Gasteiger partial charge in [-0.2, -0.15) is 4.31 Å². The average Bonchev–Trinajstić information content (AvgIpc) is 2.76. The molecule has 0 saturated carbocycles. The third-order valence-corrected chi connectivity index (χ3v) is 8.82. The van der Waals surface area contributed by atoms with Gasteiger partial charge in [-0.25, -0.2) is 8.42 Å². The van der Waals surface area contributed by atoms with E-state index in [4.69, 9.17) is 0 Å². The number of para-hydroxylation sites is 1. The van der Waals surface area contributed by atoms with Crippen LogP contribution in [0.3, 0.4) is 0 Å². The molecule has 0 unspecified atom stereocenters. The monoisotopic (exact) mass is 459 g/mol. The lowest BCUT2D eigenvalue weighted by atomic mass is 9.95. The van der Waals surface area contributed by atoms with Gasteiger partial charge < -0.3 is 4.90 Å². The van der Waals surface area contributed by atoms with E-state index in [-0.39, 0.29) is 44.2 Å². The number of rotatable bonds is 5. The van der Waals surface area contributed by atoms with Gasteiger partial charge in [-0.3, -0.25) is 14.9 Å². The molecule has 1 fully saturated rings. The minimum atomic E-state index is -3.71. The largest absolute Gasteiger partial charge is 0.340 e. The predicted octanol–water partition coefficient (Wildman–Crippen LogP) is 3.21. The summed E-state index contributed by atoms with van der Waals surface area (Å²) in [6.45, 7) is 10.4. The third-order valence-electron chi connectivity index (χ3n) is 6.65. The molecule has 2 aromatic carbocycles. The van der Waals surface area contributed by atoms with Crippen molar-refractivity contribution in [2.24, 2.45) is 0 Å². The van der Waals surface area contributed by atoms with Crippen LogP contribution in [0.5, 0.6) is 0 Å². The van der Waals surface area contributed by atoms with Crippen molar-refractivity contribution < 1.29 is 18.1 Å². The van der Waals surface area contributed by atoms with Gasteiger partial charge in [-0.1, -0.05) is 18.2 Å². The zero-order valence-electron chi connectivity index (χ0n) is 19.1. The van der Waals surface area contributed by atoms with Crippen molar-refractivity contribution in [3.63, 3.8) is 0 Å². The minimum Gasteiger partial charge on any atom is -0.340 e. The highest BCUT2D eigenvalue weighted by Crippen LogP contribution is 2.32. The summed E-state index contributed by atoms with van der Waals surface area (Å²) in [6.07, 6.45) is -0.0849. The van der Waals surface area contributed by atoms with Gasteiger partial charge in [0.2, 0.25) is 15.9 Å². The fourth-order valence-corrected chi connectivity index (χ4v) is 6.25. The second-order valence-electron chi connectivity index (χ2n) is 8.30. The first kappa shape index (κ1) is 23.9. The number of hydrogen-bond acceptors (Lipinski definition) is 5. The number of nitro groups is 1. The van der Waals surface area contributed by atoms with E-state index in [0.717, 1.165) is 27.8 Å². The molecule has 3 rings (SSSR count). The molecule has 8 nitrogen and oxygen atoms in total. The molecule has 0 N–H and O–H groups in total. The van der Waals surface area contributed by atoms with Gasteiger partial charge in [-0.15, -0.1) is 0 Å². The van der Waals surface area contributed by atoms with Crippen molar-refractivity contribution in [2.75, 3.05) is 26.2 Å². The highest BCUT2D eigenvalue weighted by molar-refractivity contribution is 7.89. The number of amides is 1. The maximum atomic E-state index is 13.5. The van der Waals surface area contributed by atoms with Gasteiger partial charge in [0.25, 0.3) is 5.69 Å². The van der Waals surface area contributed by atoms with Crippen LogP contribution in [0, 0.1) is 44.7 Å². The number of carbonyl (C=O) groups excluding carboxylic acids is 1. The van der Waals surface area contributed by atoms with Gasteiger partial charge in [0.15, 0.2) is 0 Å². The van der Waals surface area contributed by atoms with E-state index in [1.54, 1.807) is 23.1 Å². The molecule has 9 heteroatoms. The Morgan fingerprint density at radius 2 is 1.41 bits per heavy atom. The number of nitrogens with zero attached hydrogens (tertiary/aromatic N) is 3. The molecule has 0 aliphatic carbocycles. The lowest BCUT2D eigenvalue weighted by Crippen LogP contribution is -2.51. The van der Waals surface area contributed by atoms with Crippen LogP contribution in [0.2, 0.25) is 0 Å². The fourth-order valence-electron chi connectivity index (χ4n) is 4.27. The summed E-state index contributed by atoms with van der Waals surface area (Å²) in [5, 5.41) is 11.2. The van der Waals surface area contributed by atoms with Crippen molar-refractivity contribution in [2.45, 2.75) is 45.9 Å². The van der Waals surface area contributed by atoms with Crippen LogP contribution in [-0.4, -0.2) is 54.6 Å². The van der Waals surface area contributed by atoms with Crippen LogP contribution in [0.25, 0.3) is 0 Å². The number of benzene rings is 2. The summed E-state index contributed by atoms with van der Waals surface area (Å²) in [7, 11) is -3.71. The third kappa shape index (κ3) is 4.27. The van der Waals surface area contributed by atoms with Gasteiger partial charge in [0.1, 0.15) is 0 Å². The summed E-state index contributed by atoms with van der Waals surface area (Å²) in [4.78, 5) is 25.4. The molecule has 1 aliphatic rings. The molecule has 0 bridgehead atoms. The van der Waals surface area contributed by atoms with E-state index in [1.807, 2.05) is 34.6 Å². The smallest absolute Gasteiger partial charge is 0.273 e. The number of piperazine rings is 1. The number of nitro benzene ring substituents is 1. The zero-order chi connectivity index (χ0) is 23.8. The quantitative estimate of drug-likeness (QED) is 0.505. The van der Waals surface area contributed by atoms with Crippen LogP contribution in [0.15, 0.2) is 29.2 Å². The molecular formula is C23H29N3O5S. The highest BCUT2D eigenvalue weighted by atomic mass is 32.2. The van der Waals surface area contributed by atoms with E-state index in [2.05, 4.69) is 0 Å². The Morgan fingerprint density at radius 1 is 0.906 bits per heavy atom. The molecule has 0 aromatic heterocycles. The Labute approximate surface area is 189 Å². The summed E-state index contributed by atoms with van der Waals surface area (Å²) >= 11 is 0. The number of carbonyl (C=O) groups is 1. The summed E-state index contributed by atoms with van der Waals surface area (Å²) in [5.41, 5.74) is 4.85. The summed E-state index contributed by atoms with van der Waals surface area (Å²) < 4.78 is 28.4. The van der Waals surface area contributed by atoms with Gasteiger partial charge in [-0.05, 0) is 62.4 Å². The maximum Gasteiger partial charge on any atom is 0.273 e. The maximum absolute atomic E-state index is 13.5. The molecule has 0 radical (unpaired) electrons. The van der Waals surface area contributed by atoms with Crippen LogP contribution in [-0.2, 0) is 21.2 Å². The molecule has 1 amide bonds. The molecule has 0 spiro atoms. The number of hydrogen-bond donors (Lipinski definition) is 0. The average molecular weight is 460 g/mol. The van der Waals surface area contributed by atoms with Crippen LogP contribution in [0.4, 0.5) is 5.69 Å². The second-order valence-corrected chi connectivity index (χ2v) is 10.2. The normalized spacial score (nSPS) is 15.1. The van der Waals surface area contributed by atoms with Crippen molar-refractivity contribution in [3.8, 4) is 0 Å². The molecule has 1 saturated heterocycles. The zero-order valence-corrected chi connectivity index (χ0v) is 20.0. The first-order valence-electron chi connectivity index (χ1n) is 10.5. The summed E-state index contributed by atoms with van der Waals surface area (Å²) in [5.74, 6) is -0.245. The Bertz CT molecular complexity index is 1150. The molecule has 32 heavy (non-hydrogen) atoms. The van der Waals surface area contributed by atoms with Gasteiger partial charge in [0, 0.05) is 37.8 Å². The Morgan fingerprint density at radius 3 is 1.94 bits per heavy atom. The van der Waals surface area contributed by atoms with Crippen LogP contribution in [0.1, 0.15) is 33.4 Å². The molecule has 1 heterocycles. The SMILES string of the molecule is Cc1c(C)c(C)c(S(=O)(=O)N2CCN(C(=O)Cc3ccccc3[N+](=O)[O-])CC2)c(C)c1C. The fraction of sp³-hybridized carbons (Fsp3) is 0.435. The topological polar surface area (TPSA) is 101 Å². The Balaban J connectivity index is 1.76. The van der Waals surface area contributed by atoms with Crippen LogP contribution < -0.4 is 0 Å². The molecule has 172 valence electrons. The molecule has 0 atom stereocenters. The first-order chi connectivity index (χ1) is 15.0. The van der Waals surface area contributed by atoms with E-state index >= 15 is 0 Å². The first-order valence-corrected chi connectivity index (χ1v) is 12.0. The van der Waals surface area contributed by atoms with Gasteiger partial charge in [0.05, 0.1) is 16.2 Å². The molecule has 1 aliphatic heterocycles. The van der Waals surface area contributed by atoms with Crippen molar-refractivity contribution in [1.29, 1.82) is 0 Å². The standard InChI is InChI=1S/C23H29N3O5S/c1-15-16(2)18(4)23(19(5)17(15)3)32(30,31)25-12-10-24(11-13-25)22(27)14-20-8-6-7-9-21(20)26(28)29/h6-9H,10-14H2,1-5H3. The van der Waals surface area contributed by atoms with Crippen molar-refractivity contribution >= 4 is 21.6 Å². The van der Waals surface area contributed by atoms with E-state index in [0.29, 0.717) is 10.5 Å². The van der Waals surface area contributed by atoms with Crippen LogP contribution >= 0.6 is 0 Å².